The van der Waals surface area contributed by atoms with Crippen LogP contribution in [0.3, 0.4) is 0 Å². The molecule has 0 amide bonds. The third kappa shape index (κ3) is 0.748. The second-order valence-corrected chi connectivity index (χ2v) is 3.93. The van der Waals surface area contributed by atoms with E-state index in [9.17, 15) is 0 Å². The standard InChI is InChI=1S/C5H7Cl2/c1-4(2)3-5(4,6)7/h1,3H2,2H3. The van der Waals surface area contributed by atoms with Crippen LogP contribution in [0.25, 0.3) is 0 Å². The van der Waals surface area contributed by atoms with E-state index in [0.29, 0.717) is 0 Å². The molecule has 0 aliphatic heterocycles. The second-order valence-electron chi connectivity index (χ2n) is 2.44. The fourth-order valence-corrected chi connectivity index (χ4v) is 1.04. The lowest BCUT2D eigenvalue weighted by atomic mass is 10.2. The molecule has 1 atom stereocenters. The molecule has 0 spiro atoms. The summed E-state index contributed by atoms with van der Waals surface area (Å²) >= 11 is 11.3. The molecular weight excluding hydrogens is 131 g/mol. The van der Waals surface area contributed by atoms with Crippen LogP contribution in [-0.4, -0.2) is 4.33 Å². The number of alkyl halides is 2. The summed E-state index contributed by atoms with van der Waals surface area (Å²) < 4.78 is -0.521. The predicted octanol–water partition coefficient (Wildman–Crippen LogP) is 2.40. The van der Waals surface area contributed by atoms with Crippen molar-refractivity contribution in [3.8, 4) is 0 Å². The summed E-state index contributed by atoms with van der Waals surface area (Å²) in [4.78, 5) is 0. The van der Waals surface area contributed by atoms with Crippen molar-refractivity contribution in [3.63, 3.8) is 0 Å². The number of hydrogen-bond donors (Lipinski definition) is 0. The Kier molecular flexibility index (Phi) is 0.907. The first kappa shape index (κ1) is 5.71. The zero-order valence-corrected chi connectivity index (χ0v) is 5.68. The molecule has 2 heteroatoms. The van der Waals surface area contributed by atoms with Crippen LogP contribution < -0.4 is 0 Å². The Morgan fingerprint density at radius 1 is 1.57 bits per heavy atom. The van der Waals surface area contributed by atoms with Crippen LogP contribution in [0, 0.1) is 12.3 Å². The zero-order chi connectivity index (χ0) is 5.71. The van der Waals surface area contributed by atoms with Gasteiger partial charge in [-0.1, -0.05) is 6.92 Å². The topological polar surface area (TPSA) is 0 Å². The van der Waals surface area contributed by atoms with E-state index < -0.39 is 4.33 Å². The fourth-order valence-electron chi connectivity index (χ4n) is 0.446. The van der Waals surface area contributed by atoms with Crippen LogP contribution in [0.4, 0.5) is 0 Å². The Morgan fingerprint density at radius 3 is 1.71 bits per heavy atom. The molecule has 1 aliphatic carbocycles. The molecule has 41 valence electrons. The van der Waals surface area contributed by atoms with Gasteiger partial charge in [-0.25, -0.2) is 0 Å². The van der Waals surface area contributed by atoms with Gasteiger partial charge >= 0.3 is 0 Å². The minimum atomic E-state index is -0.521. The van der Waals surface area contributed by atoms with Crippen LogP contribution in [-0.2, 0) is 0 Å². The van der Waals surface area contributed by atoms with Gasteiger partial charge in [-0.3, -0.25) is 0 Å². The van der Waals surface area contributed by atoms with Crippen molar-refractivity contribution in [2.75, 3.05) is 0 Å². The van der Waals surface area contributed by atoms with Crippen LogP contribution in [0.5, 0.6) is 0 Å². The molecule has 0 saturated heterocycles. The van der Waals surface area contributed by atoms with Gasteiger partial charge in [-0.2, -0.15) is 0 Å². The van der Waals surface area contributed by atoms with Crippen molar-refractivity contribution in [3.05, 3.63) is 6.92 Å². The molecule has 1 fully saturated rings. The van der Waals surface area contributed by atoms with Crippen LogP contribution >= 0.6 is 23.2 Å². The van der Waals surface area contributed by atoms with Gasteiger partial charge in [0.1, 0.15) is 4.33 Å². The molecule has 1 aliphatic rings. The molecule has 1 saturated carbocycles. The average Bonchev–Trinajstić information content (AvgIpc) is 1.63. The highest BCUT2D eigenvalue weighted by atomic mass is 35.5. The van der Waals surface area contributed by atoms with Crippen molar-refractivity contribution >= 4 is 23.2 Å². The Labute approximate surface area is 53.8 Å². The van der Waals surface area contributed by atoms with Crippen molar-refractivity contribution in [1.29, 1.82) is 0 Å². The van der Waals surface area contributed by atoms with Gasteiger partial charge in [-0.05, 0) is 13.3 Å². The molecule has 7 heavy (non-hydrogen) atoms. The smallest absolute Gasteiger partial charge is 0.101 e. The van der Waals surface area contributed by atoms with E-state index in [-0.39, 0.29) is 5.41 Å². The largest absolute Gasteiger partial charge is 0.124 e. The van der Waals surface area contributed by atoms with Gasteiger partial charge in [-0.15, -0.1) is 23.2 Å². The third-order valence-corrected chi connectivity index (χ3v) is 2.55. The van der Waals surface area contributed by atoms with Gasteiger partial charge in [0, 0.05) is 5.41 Å². The first-order valence-corrected chi connectivity index (χ1v) is 2.94. The van der Waals surface area contributed by atoms with Crippen LogP contribution in [0.1, 0.15) is 13.3 Å². The SMILES string of the molecule is [CH2]C1(C)CC1(Cl)Cl. The van der Waals surface area contributed by atoms with E-state index in [1.54, 1.807) is 0 Å². The monoisotopic (exact) mass is 137 g/mol. The lowest BCUT2D eigenvalue weighted by molar-refractivity contribution is 0.728. The summed E-state index contributed by atoms with van der Waals surface area (Å²) in [6.07, 6.45) is 0.823. The quantitative estimate of drug-likeness (QED) is 0.451. The Bertz CT molecular complexity index is 82.3. The number of rotatable bonds is 0. The van der Waals surface area contributed by atoms with E-state index in [4.69, 9.17) is 23.2 Å². The van der Waals surface area contributed by atoms with E-state index >= 15 is 0 Å². The average molecular weight is 138 g/mol. The first-order valence-electron chi connectivity index (χ1n) is 2.19. The van der Waals surface area contributed by atoms with E-state index in [2.05, 4.69) is 6.92 Å². The second kappa shape index (κ2) is 1.11. The van der Waals surface area contributed by atoms with Gasteiger partial charge < -0.3 is 0 Å². The van der Waals surface area contributed by atoms with E-state index in [1.807, 2.05) is 6.92 Å². The number of hydrogen-bond acceptors (Lipinski definition) is 0. The molecule has 0 heterocycles. The van der Waals surface area contributed by atoms with Crippen molar-refractivity contribution in [1.82, 2.24) is 0 Å². The summed E-state index contributed by atoms with van der Waals surface area (Å²) in [6.45, 7) is 5.72. The minimum Gasteiger partial charge on any atom is -0.101 e. The zero-order valence-electron chi connectivity index (χ0n) is 4.17. The highest BCUT2D eigenvalue weighted by Gasteiger charge is 2.59. The normalized spacial score (nSPS) is 32.6. The van der Waals surface area contributed by atoms with Gasteiger partial charge in [0.25, 0.3) is 0 Å². The minimum absolute atomic E-state index is 0.0733. The highest BCUT2D eigenvalue weighted by molar-refractivity contribution is 6.51. The molecule has 1 unspecified atom stereocenters. The molecule has 0 bridgehead atoms. The summed E-state index contributed by atoms with van der Waals surface area (Å²) in [5, 5.41) is 0. The van der Waals surface area contributed by atoms with E-state index in [1.165, 1.54) is 0 Å². The van der Waals surface area contributed by atoms with Gasteiger partial charge in [0.05, 0.1) is 0 Å². The van der Waals surface area contributed by atoms with Gasteiger partial charge in [0.15, 0.2) is 0 Å². The lowest BCUT2D eigenvalue weighted by Crippen LogP contribution is -1.96. The lowest BCUT2D eigenvalue weighted by Gasteiger charge is -1.98. The molecule has 0 aromatic rings. The van der Waals surface area contributed by atoms with E-state index in [0.717, 1.165) is 6.42 Å². The fraction of sp³-hybridized carbons (Fsp3) is 0.800. The van der Waals surface area contributed by atoms with Crippen molar-refractivity contribution in [2.24, 2.45) is 5.41 Å². The van der Waals surface area contributed by atoms with Crippen LogP contribution in [0.15, 0.2) is 0 Å². The third-order valence-electron chi connectivity index (χ3n) is 1.37. The molecular formula is C5H7Cl2. The number of halogens is 2. The predicted molar refractivity (Wildman–Crippen MR) is 32.5 cm³/mol. The molecule has 1 radical (unpaired) electrons. The maximum atomic E-state index is 5.64. The van der Waals surface area contributed by atoms with Crippen molar-refractivity contribution in [2.45, 2.75) is 17.7 Å². The molecule has 0 aromatic carbocycles. The Hall–Kier alpha value is 0.580. The first-order chi connectivity index (χ1) is 2.96. The maximum absolute atomic E-state index is 5.64. The van der Waals surface area contributed by atoms with Crippen molar-refractivity contribution < 1.29 is 0 Å². The Morgan fingerprint density at radius 2 is 1.71 bits per heavy atom. The summed E-state index contributed by atoms with van der Waals surface area (Å²) in [5.74, 6) is 0. The summed E-state index contributed by atoms with van der Waals surface area (Å²) in [6, 6.07) is 0. The molecule has 0 N–H and O–H groups in total. The van der Waals surface area contributed by atoms with Crippen LogP contribution in [0.2, 0.25) is 0 Å². The molecule has 1 rings (SSSR count). The summed E-state index contributed by atoms with van der Waals surface area (Å²) in [5.41, 5.74) is -0.0733. The Balaban J connectivity index is 2.59. The molecule has 0 nitrogen and oxygen atoms in total. The maximum Gasteiger partial charge on any atom is 0.124 e. The highest BCUT2D eigenvalue weighted by Crippen LogP contribution is 2.62. The summed E-state index contributed by atoms with van der Waals surface area (Å²) in [7, 11) is 0. The molecule has 0 aromatic heterocycles. The van der Waals surface area contributed by atoms with Gasteiger partial charge in [0.2, 0.25) is 0 Å².